The number of aryl methyl sites for hydroxylation is 1. The maximum absolute atomic E-state index is 12.1. The van der Waals surface area contributed by atoms with Crippen LogP contribution in [-0.2, 0) is 17.8 Å². The van der Waals surface area contributed by atoms with Crippen molar-refractivity contribution in [2.75, 3.05) is 5.32 Å². The van der Waals surface area contributed by atoms with Crippen LogP contribution in [0.1, 0.15) is 17.5 Å². The van der Waals surface area contributed by atoms with Gasteiger partial charge in [0.2, 0.25) is 5.91 Å². The SMILES string of the molecule is O=C(CCc1ccc(Cl)cc1Cl)Nc1ccc(OCc2ccccc2)cc1. The number of anilines is 1. The van der Waals surface area contributed by atoms with Gasteiger partial charge in [-0.05, 0) is 53.9 Å². The van der Waals surface area contributed by atoms with Crippen LogP contribution in [0.15, 0.2) is 72.8 Å². The fourth-order valence-corrected chi connectivity index (χ4v) is 3.07. The molecule has 138 valence electrons. The van der Waals surface area contributed by atoms with Crippen molar-refractivity contribution in [3.8, 4) is 5.75 Å². The summed E-state index contributed by atoms with van der Waals surface area (Å²) in [6.45, 7) is 0.508. The smallest absolute Gasteiger partial charge is 0.224 e. The number of nitrogens with one attached hydrogen (secondary N) is 1. The van der Waals surface area contributed by atoms with Crippen LogP contribution in [0.25, 0.3) is 0 Å². The van der Waals surface area contributed by atoms with Crippen LogP contribution in [0, 0.1) is 0 Å². The van der Waals surface area contributed by atoms with Gasteiger partial charge in [0.05, 0.1) is 0 Å². The first-order valence-electron chi connectivity index (χ1n) is 8.61. The van der Waals surface area contributed by atoms with Crippen molar-refractivity contribution in [1.82, 2.24) is 0 Å². The molecule has 1 N–H and O–H groups in total. The summed E-state index contributed by atoms with van der Waals surface area (Å²) in [7, 11) is 0. The normalized spacial score (nSPS) is 10.4. The molecule has 0 aliphatic rings. The van der Waals surface area contributed by atoms with Gasteiger partial charge in [0.15, 0.2) is 0 Å². The molecular weight excluding hydrogens is 381 g/mol. The Balaban J connectivity index is 1.48. The minimum Gasteiger partial charge on any atom is -0.489 e. The third-order valence-electron chi connectivity index (χ3n) is 4.02. The minimum absolute atomic E-state index is 0.0704. The zero-order valence-electron chi connectivity index (χ0n) is 14.6. The first kappa shape index (κ1) is 19.3. The van der Waals surface area contributed by atoms with Gasteiger partial charge in [-0.25, -0.2) is 0 Å². The van der Waals surface area contributed by atoms with Crippen LogP contribution < -0.4 is 10.1 Å². The largest absolute Gasteiger partial charge is 0.489 e. The summed E-state index contributed by atoms with van der Waals surface area (Å²) in [4.78, 5) is 12.1. The number of rotatable bonds is 7. The van der Waals surface area contributed by atoms with Gasteiger partial charge in [-0.1, -0.05) is 59.6 Å². The highest BCUT2D eigenvalue weighted by Gasteiger charge is 2.07. The molecule has 0 aromatic heterocycles. The van der Waals surface area contributed by atoms with Gasteiger partial charge in [0, 0.05) is 22.2 Å². The average molecular weight is 400 g/mol. The molecule has 0 unspecified atom stereocenters. The Bertz CT molecular complexity index is 896. The molecule has 3 aromatic rings. The molecule has 3 nitrogen and oxygen atoms in total. The van der Waals surface area contributed by atoms with E-state index in [0.717, 1.165) is 22.6 Å². The molecule has 0 aliphatic carbocycles. The highest BCUT2D eigenvalue weighted by molar-refractivity contribution is 6.35. The topological polar surface area (TPSA) is 38.3 Å². The Morgan fingerprint density at radius 1 is 0.926 bits per heavy atom. The molecule has 0 radical (unpaired) electrons. The number of carbonyl (C=O) groups is 1. The second-order valence-electron chi connectivity index (χ2n) is 6.08. The highest BCUT2D eigenvalue weighted by atomic mass is 35.5. The minimum atomic E-state index is -0.0704. The van der Waals surface area contributed by atoms with E-state index < -0.39 is 0 Å². The Morgan fingerprint density at radius 3 is 2.37 bits per heavy atom. The standard InChI is InChI=1S/C22H19Cl2NO2/c23-18-8-6-17(21(24)14-18)7-13-22(26)25-19-9-11-20(12-10-19)27-15-16-4-2-1-3-5-16/h1-6,8-12,14H,7,13,15H2,(H,25,26). The summed E-state index contributed by atoms with van der Waals surface area (Å²) >= 11 is 12.0. The van der Waals surface area contributed by atoms with E-state index in [9.17, 15) is 4.79 Å². The zero-order valence-corrected chi connectivity index (χ0v) is 16.1. The summed E-state index contributed by atoms with van der Waals surface area (Å²) in [6.07, 6.45) is 0.897. The van der Waals surface area contributed by atoms with E-state index in [1.807, 2.05) is 60.7 Å². The van der Waals surface area contributed by atoms with E-state index in [-0.39, 0.29) is 5.91 Å². The van der Waals surface area contributed by atoms with Crippen LogP contribution in [-0.4, -0.2) is 5.91 Å². The number of hydrogen-bond donors (Lipinski definition) is 1. The van der Waals surface area contributed by atoms with Crippen LogP contribution in [0.4, 0.5) is 5.69 Å². The molecule has 0 saturated heterocycles. The van der Waals surface area contributed by atoms with E-state index in [0.29, 0.717) is 29.5 Å². The van der Waals surface area contributed by atoms with Gasteiger partial charge in [0.25, 0.3) is 0 Å². The van der Waals surface area contributed by atoms with Crippen molar-refractivity contribution < 1.29 is 9.53 Å². The van der Waals surface area contributed by atoms with Crippen molar-refractivity contribution in [2.45, 2.75) is 19.4 Å². The lowest BCUT2D eigenvalue weighted by Gasteiger charge is -2.09. The predicted molar refractivity (Wildman–Crippen MR) is 111 cm³/mol. The molecular formula is C22H19Cl2NO2. The first-order chi connectivity index (χ1) is 13.1. The van der Waals surface area contributed by atoms with Crippen LogP contribution in [0.3, 0.4) is 0 Å². The molecule has 0 saturated carbocycles. The van der Waals surface area contributed by atoms with Crippen LogP contribution in [0.5, 0.6) is 5.75 Å². The summed E-state index contributed by atoms with van der Waals surface area (Å²) in [5.41, 5.74) is 2.74. The number of carbonyl (C=O) groups excluding carboxylic acids is 1. The number of hydrogen-bond acceptors (Lipinski definition) is 2. The summed E-state index contributed by atoms with van der Waals surface area (Å²) in [5.74, 6) is 0.684. The highest BCUT2D eigenvalue weighted by Crippen LogP contribution is 2.22. The third kappa shape index (κ3) is 6.02. The van der Waals surface area contributed by atoms with Crippen LogP contribution >= 0.6 is 23.2 Å². The average Bonchev–Trinajstić information content (AvgIpc) is 2.67. The van der Waals surface area contributed by atoms with Gasteiger partial charge in [0.1, 0.15) is 12.4 Å². The van der Waals surface area contributed by atoms with Gasteiger partial charge >= 0.3 is 0 Å². The molecule has 1 amide bonds. The zero-order chi connectivity index (χ0) is 19.1. The molecule has 3 rings (SSSR count). The molecule has 0 heterocycles. The van der Waals surface area contributed by atoms with Crippen molar-refractivity contribution in [1.29, 1.82) is 0 Å². The first-order valence-corrected chi connectivity index (χ1v) is 9.36. The summed E-state index contributed by atoms with van der Waals surface area (Å²) < 4.78 is 5.74. The van der Waals surface area contributed by atoms with E-state index in [4.69, 9.17) is 27.9 Å². The van der Waals surface area contributed by atoms with E-state index in [2.05, 4.69) is 5.32 Å². The number of ether oxygens (including phenoxy) is 1. The molecule has 0 fully saturated rings. The van der Waals surface area contributed by atoms with Gasteiger partial charge in [-0.2, -0.15) is 0 Å². The molecule has 5 heteroatoms. The monoisotopic (exact) mass is 399 g/mol. The van der Waals surface area contributed by atoms with E-state index in [1.165, 1.54) is 0 Å². The maximum atomic E-state index is 12.1. The van der Waals surface area contributed by atoms with Crippen LogP contribution in [0.2, 0.25) is 10.0 Å². The molecule has 0 spiro atoms. The maximum Gasteiger partial charge on any atom is 0.224 e. The molecule has 0 aliphatic heterocycles. The Labute approximate surface area is 168 Å². The van der Waals surface area contributed by atoms with Gasteiger partial charge < -0.3 is 10.1 Å². The Morgan fingerprint density at radius 2 is 1.67 bits per heavy atom. The predicted octanol–water partition coefficient (Wildman–Crippen LogP) is 6.14. The van der Waals surface area contributed by atoms with Crippen molar-refractivity contribution >= 4 is 34.8 Å². The molecule has 3 aromatic carbocycles. The van der Waals surface area contributed by atoms with Gasteiger partial charge in [-0.3, -0.25) is 4.79 Å². The lowest BCUT2D eigenvalue weighted by molar-refractivity contribution is -0.116. The summed E-state index contributed by atoms with van der Waals surface area (Å²) in [5, 5.41) is 4.05. The van der Waals surface area contributed by atoms with Crippen molar-refractivity contribution in [2.24, 2.45) is 0 Å². The lowest BCUT2D eigenvalue weighted by Crippen LogP contribution is -2.12. The van der Waals surface area contributed by atoms with E-state index in [1.54, 1.807) is 12.1 Å². The molecule has 27 heavy (non-hydrogen) atoms. The lowest BCUT2D eigenvalue weighted by atomic mass is 10.1. The van der Waals surface area contributed by atoms with Crippen molar-refractivity contribution in [3.63, 3.8) is 0 Å². The molecule has 0 atom stereocenters. The van der Waals surface area contributed by atoms with E-state index >= 15 is 0 Å². The fourth-order valence-electron chi connectivity index (χ4n) is 2.57. The van der Waals surface area contributed by atoms with Crippen molar-refractivity contribution in [3.05, 3.63) is 94.0 Å². The summed E-state index contributed by atoms with van der Waals surface area (Å²) in [6, 6.07) is 22.6. The Kier molecular flexibility index (Phi) is 6.74. The second kappa shape index (κ2) is 9.45. The number of benzene rings is 3. The molecule has 0 bridgehead atoms. The number of halogens is 2. The van der Waals surface area contributed by atoms with Gasteiger partial charge in [-0.15, -0.1) is 0 Å². The second-order valence-corrected chi connectivity index (χ2v) is 6.93. The number of amides is 1. The third-order valence-corrected chi connectivity index (χ3v) is 4.61. The quantitative estimate of drug-likeness (QED) is 0.517. The Hall–Kier alpha value is -2.49. The fraction of sp³-hybridized carbons (Fsp3) is 0.136.